The fourth-order valence-corrected chi connectivity index (χ4v) is 4.70. The number of halogens is 1. The van der Waals surface area contributed by atoms with Crippen molar-refractivity contribution in [1.29, 1.82) is 0 Å². The SMILES string of the molecule is CCCc1cc(F)c(O[C@H]2CCN(C3CCN(c4ncc(CC)cn4)CC3)C2=O)cc1C. The highest BCUT2D eigenvalue weighted by atomic mass is 19.1. The van der Waals surface area contributed by atoms with E-state index in [0.717, 1.165) is 67.8 Å². The maximum atomic E-state index is 14.6. The van der Waals surface area contributed by atoms with E-state index in [-0.39, 0.29) is 23.5 Å². The molecule has 0 saturated carbocycles. The van der Waals surface area contributed by atoms with Crippen molar-refractivity contribution in [2.45, 2.75) is 71.4 Å². The van der Waals surface area contributed by atoms with Crippen molar-refractivity contribution in [2.24, 2.45) is 0 Å². The number of aryl methyl sites for hydroxylation is 3. The van der Waals surface area contributed by atoms with Crippen molar-refractivity contribution < 1.29 is 13.9 Å². The molecule has 172 valence electrons. The summed E-state index contributed by atoms with van der Waals surface area (Å²) in [5, 5.41) is 0. The number of benzene rings is 1. The van der Waals surface area contributed by atoms with Gasteiger partial charge in [-0.3, -0.25) is 4.79 Å². The lowest BCUT2D eigenvalue weighted by Crippen LogP contribution is -2.47. The van der Waals surface area contributed by atoms with Crippen molar-refractivity contribution in [3.63, 3.8) is 0 Å². The number of carbonyl (C=O) groups is 1. The molecule has 3 heterocycles. The molecule has 1 aromatic carbocycles. The summed E-state index contributed by atoms with van der Waals surface area (Å²) < 4.78 is 20.4. The molecular weight excluding hydrogens is 407 g/mol. The molecule has 2 aliphatic heterocycles. The quantitative estimate of drug-likeness (QED) is 0.649. The highest BCUT2D eigenvalue weighted by Gasteiger charge is 2.39. The van der Waals surface area contributed by atoms with Gasteiger partial charge in [0.15, 0.2) is 17.7 Å². The molecule has 4 rings (SSSR count). The predicted molar refractivity (Wildman–Crippen MR) is 123 cm³/mol. The van der Waals surface area contributed by atoms with Crippen LogP contribution in [0.1, 0.15) is 56.2 Å². The van der Waals surface area contributed by atoms with Gasteiger partial charge in [0.05, 0.1) is 0 Å². The first-order valence-electron chi connectivity index (χ1n) is 11.8. The summed E-state index contributed by atoms with van der Waals surface area (Å²) in [6, 6.07) is 3.47. The van der Waals surface area contributed by atoms with Gasteiger partial charge in [0.1, 0.15) is 0 Å². The minimum absolute atomic E-state index is 0.0262. The van der Waals surface area contributed by atoms with Gasteiger partial charge in [0.2, 0.25) is 5.95 Å². The van der Waals surface area contributed by atoms with E-state index < -0.39 is 6.10 Å². The maximum absolute atomic E-state index is 14.6. The molecule has 2 aliphatic rings. The largest absolute Gasteiger partial charge is 0.477 e. The molecule has 0 radical (unpaired) electrons. The Labute approximate surface area is 189 Å². The molecule has 0 aliphatic carbocycles. The molecular formula is C25H33FN4O2. The van der Waals surface area contributed by atoms with Gasteiger partial charge in [0.25, 0.3) is 5.91 Å². The van der Waals surface area contributed by atoms with Crippen LogP contribution in [0.2, 0.25) is 0 Å². The third-order valence-electron chi connectivity index (χ3n) is 6.66. The fraction of sp³-hybridized carbons (Fsp3) is 0.560. The molecule has 1 atom stereocenters. The van der Waals surface area contributed by atoms with Crippen LogP contribution in [0.4, 0.5) is 10.3 Å². The van der Waals surface area contributed by atoms with Gasteiger partial charge >= 0.3 is 0 Å². The summed E-state index contributed by atoms with van der Waals surface area (Å²) in [4.78, 5) is 26.1. The minimum atomic E-state index is -0.608. The molecule has 0 unspecified atom stereocenters. The van der Waals surface area contributed by atoms with Crippen LogP contribution in [0.3, 0.4) is 0 Å². The molecule has 2 saturated heterocycles. The normalized spacial score (nSPS) is 19.6. The smallest absolute Gasteiger partial charge is 0.263 e. The average molecular weight is 441 g/mol. The van der Waals surface area contributed by atoms with Crippen molar-refractivity contribution in [3.05, 3.63) is 47.0 Å². The summed E-state index contributed by atoms with van der Waals surface area (Å²) in [6.45, 7) is 8.42. The number of anilines is 1. The summed E-state index contributed by atoms with van der Waals surface area (Å²) in [6.07, 6.45) is 8.23. The third-order valence-corrected chi connectivity index (χ3v) is 6.66. The Morgan fingerprint density at radius 2 is 1.81 bits per heavy atom. The van der Waals surface area contributed by atoms with Crippen LogP contribution < -0.4 is 9.64 Å². The highest BCUT2D eigenvalue weighted by molar-refractivity contribution is 5.83. The van der Waals surface area contributed by atoms with E-state index in [2.05, 4.69) is 28.7 Å². The number of rotatable bonds is 7. The first-order chi connectivity index (χ1) is 15.5. The van der Waals surface area contributed by atoms with Gasteiger partial charge in [-0.05, 0) is 61.4 Å². The molecule has 6 nitrogen and oxygen atoms in total. The Hall–Kier alpha value is -2.70. The number of aromatic nitrogens is 2. The van der Waals surface area contributed by atoms with E-state index in [4.69, 9.17) is 4.74 Å². The van der Waals surface area contributed by atoms with Crippen LogP contribution in [-0.4, -0.2) is 52.6 Å². The second-order valence-corrected chi connectivity index (χ2v) is 8.85. The number of piperidine rings is 1. The second kappa shape index (κ2) is 9.84. The Morgan fingerprint density at radius 1 is 1.09 bits per heavy atom. The minimum Gasteiger partial charge on any atom is -0.477 e. The van der Waals surface area contributed by atoms with Gasteiger partial charge < -0.3 is 14.5 Å². The number of amides is 1. The van der Waals surface area contributed by atoms with Crippen LogP contribution in [0, 0.1) is 12.7 Å². The molecule has 32 heavy (non-hydrogen) atoms. The molecule has 7 heteroatoms. The van der Waals surface area contributed by atoms with Crippen LogP contribution >= 0.6 is 0 Å². The summed E-state index contributed by atoms with van der Waals surface area (Å²) >= 11 is 0. The maximum Gasteiger partial charge on any atom is 0.263 e. The second-order valence-electron chi connectivity index (χ2n) is 8.85. The van der Waals surface area contributed by atoms with Gasteiger partial charge in [-0.25, -0.2) is 14.4 Å². The van der Waals surface area contributed by atoms with Crippen molar-refractivity contribution in [3.8, 4) is 5.75 Å². The van der Waals surface area contributed by atoms with Crippen molar-refractivity contribution >= 4 is 11.9 Å². The highest BCUT2D eigenvalue weighted by Crippen LogP contribution is 2.29. The summed E-state index contributed by atoms with van der Waals surface area (Å²) in [5.74, 6) is 0.534. The van der Waals surface area contributed by atoms with E-state index >= 15 is 0 Å². The predicted octanol–water partition coefficient (Wildman–Crippen LogP) is 4.09. The van der Waals surface area contributed by atoms with E-state index in [1.807, 2.05) is 24.2 Å². The van der Waals surface area contributed by atoms with Gasteiger partial charge in [-0.1, -0.05) is 20.3 Å². The van der Waals surface area contributed by atoms with Gasteiger partial charge in [-0.2, -0.15) is 0 Å². The Bertz CT molecular complexity index is 942. The lowest BCUT2D eigenvalue weighted by Gasteiger charge is -2.36. The number of ether oxygens (including phenoxy) is 1. The number of hydrogen-bond acceptors (Lipinski definition) is 5. The van der Waals surface area contributed by atoms with Crippen LogP contribution in [-0.2, 0) is 17.6 Å². The lowest BCUT2D eigenvalue weighted by molar-refractivity contribution is -0.135. The van der Waals surface area contributed by atoms with E-state index in [0.29, 0.717) is 13.0 Å². The molecule has 0 spiro atoms. The average Bonchev–Trinajstić information content (AvgIpc) is 3.17. The zero-order valence-corrected chi connectivity index (χ0v) is 19.3. The summed E-state index contributed by atoms with van der Waals surface area (Å²) in [5.41, 5.74) is 3.13. The Morgan fingerprint density at radius 3 is 2.47 bits per heavy atom. The fourth-order valence-electron chi connectivity index (χ4n) is 4.70. The first-order valence-corrected chi connectivity index (χ1v) is 11.8. The third kappa shape index (κ3) is 4.71. The van der Waals surface area contributed by atoms with Gasteiger partial charge in [0, 0.05) is 44.5 Å². The molecule has 0 N–H and O–H groups in total. The molecule has 1 aromatic heterocycles. The van der Waals surface area contributed by atoms with E-state index in [9.17, 15) is 9.18 Å². The zero-order chi connectivity index (χ0) is 22.7. The summed E-state index contributed by atoms with van der Waals surface area (Å²) in [7, 11) is 0. The molecule has 0 bridgehead atoms. The van der Waals surface area contributed by atoms with E-state index in [1.54, 1.807) is 12.1 Å². The zero-order valence-electron chi connectivity index (χ0n) is 19.3. The molecule has 2 fully saturated rings. The van der Waals surface area contributed by atoms with Gasteiger partial charge in [-0.15, -0.1) is 0 Å². The van der Waals surface area contributed by atoms with Crippen LogP contribution in [0.5, 0.6) is 5.75 Å². The number of nitrogens with zero attached hydrogens (tertiary/aromatic N) is 4. The molecule has 2 aromatic rings. The van der Waals surface area contributed by atoms with Crippen LogP contribution in [0.25, 0.3) is 0 Å². The van der Waals surface area contributed by atoms with Crippen molar-refractivity contribution in [1.82, 2.24) is 14.9 Å². The topological polar surface area (TPSA) is 58.6 Å². The Kier molecular flexibility index (Phi) is 6.92. The number of hydrogen-bond donors (Lipinski definition) is 0. The lowest BCUT2D eigenvalue weighted by atomic mass is 10.0. The first kappa shape index (κ1) is 22.5. The monoisotopic (exact) mass is 440 g/mol. The van der Waals surface area contributed by atoms with Crippen molar-refractivity contribution in [2.75, 3.05) is 24.5 Å². The molecule has 1 amide bonds. The van der Waals surface area contributed by atoms with E-state index in [1.165, 1.54) is 0 Å². The standard InChI is InChI=1S/C25H33FN4O2/c1-4-6-19-14-21(26)23(13-17(19)3)32-22-9-12-30(24(22)31)20-7-10-29(11-8-20)25-27-15-18(5-2)16-28-25/h13-16,20,22H,4-12H2,1-3H3/t22-/m0/s1. The number of likely N-dealkylation sites (tertiary alicyclic amines) is 1. The van der Waals surface area contributed by atoms with Crippen LogP contribution in [0.15, 0.2) is 24.5 Å². The number of carbonyl (C=O) groups excluding carboxylic acids is 1. The Balaban J connectivity index is 1.34.